The van der Waals surface area contributed by atoms with Crippen LogP contribution in [-0.2, 0) is 0 Å². The van der Waals surface area contributed by atoms with E-state index in [1.54, 1.807) is 0 Å². The van der Waals surface area contributed by atoms with Crippen molar-refractivity contribution in [3.63, 3.8) is 0 Å². The van der Waals surface area contributed by atoms with Crippen molar-refractivity contribution < 1.29 is 0 Å². The average molecular weight is 1030 g/mol. The molecule has 0 aliphatic rings. The van der Waals surface area contributed by atoms with E-state index in [1.807, 2.05) is 0 Å². The van der Waals surface area contributed by atoms with Gasteiger partial charge < -0.3 is 0 Å². The molecule has 0 atom stereocenters. The predicted molar refractivity (Wildman–Crippen MR) is 337 cm³/mol. The highest BCUT2D eigenvalue weighted by Gasteiger charge is 2.20. The van der Waals surface area contributed by atoms with Gasteiger partial charge in [-0.05, 0) is 187 Å². The molecular formula is C76H62N4. The lowest BCUT2D eigenvalue weighted by atomic mass is 9.93. The molecule has 8 aromatic carbocycles. The maximum absolute atomic E-state index is 5.51. The highest BCUT2D eigenvalue weighted by molar-refractivity contribution is 6.06. The standard InChI is InChI=1S/C76H62N4/c1-43-33-47(5)67(48(6)34-43)65-31-29-59-25-27-63-41-61(71(79-75(63)73(59)77-65)69-51(9)37-45(3)38-52(69)10)23-17-55-13-19-57(20-14-55)58-21-15-56(16-22-58)18-24-62-42-64-28-26-60-30-32-66(68-49(7)35-44(2)36-50(68)8)78-74(60)76(64)80-72(62)70-53(11)39-46(4)40-54(70)12/h13-16,19-22,25-42H,1-12H3. The lowest BCUT2D eigenvalue weighted by Crippen LogP contribution is -1.99. The molecule has 0 aliphatic carbocycles. The van der Waals surface area contributed by atoms with E-state index in [4.69, 9.17) is 19.9 Å². The molecule has 0 fully saturated rings. The predicted octanol–water partition coefficient (Wildman–Crippen LogP) is 18.7. The normalized spacial score (nSPS) is 11.3. The molecule has 386 valence electrons. The molecule has 0 unspecified atom stereocenters. The fourth-order valence-corrected chi connectivity index (χ4v) is 12.5. The topological polar surface area (TPSA) is 51.6 Å². The fraction of sp³-hybridized carbons (Fsp3) is 0.158. The summed E-state index contributed by atoms with van der Waals surface area (Å²) in [6.45, 7) is 26.0. The Kier molecular flexibility index (Phi) is 13.1. The van der Waals surface area contributed by atoms with Crippen LogP contribution in [0.5, 0.6) is 0 Å². The van der Waals surface area contributed by atoms with Crippen LogP contribution in [0.3, 0.4) is 0 Å². The molecule has 0 N–H and O–H groups in total. The molecule has 0 aliphatic heterocycles. The molecule has 12 aromatic rings. The smallest absolute Gasteiger partial charge is 0.0973 e. The first-order chi connectivity index (χ1) is 38.5. The van der Waals surface area contributed by atoms with Gasteiger partial charge in [0.15, 0.2) is 0 Å². The zero-order chi connectivity index (χ0) is 55.7. The fourth-order valence-electron chi connectivity index (χ4n) is 12.5. The van der Waals surface area contributed by atoms with Crippen LogP contribution < -0.4 is 0 Å². The molecule has 4 heterocycles. The second-order valence-electron chi connectivity index (χ2n) is 22.3. The van der Waals surface area contributed by atoms with Crippen molar-refractivity contribution >= 4 is 43.6 Å². The first-order valence-corrected chi connectivity index (χ1v) is 27.6. The van der Waals surface area contributed by atoms with Gasteiger partial charge in [0.25, 0.3) is 0 Å². The highest BCUT2D eigenvalue weighted by Crippen LogP contribution is 2.38. The van der Waals surface area contributed by atoms with Crippen LogP contribution in [0.4, 0.5) is 0 Å². The van der Waals surface area contributed by atoms with Crippen LogP contribution in [0.15, 0.2) is 158 Å². The van der Waals surface area contributed by atoms with Crippen molar-refractivity contribution in [2.24, 2.45) is 0 Å². The van der Waals surface area contributed by atoms with Gasteiger partial charge in [0.05, 0.1) is 56.0 Å². The van der Waals surface area contributed by atoms with Gasteiger partial charge in [0.1, 0.15) is 0 Å². The number of rotatable bonds is 5. The largest absolute Gasteiger partial charge is 0.245 e. The number of aryl methyl sites for hydroxylation is 12. The second kappa shape index (κ2) is 20.4. The zero-order valence-corrected chi connectivity index (χ0v) is 47.8. The average Bonchev–Trinajstić information content (AvgIpc) is 3.54. The molecule has 0 bridgehead atoms. The Hall–Kier alpha value is -9.48. The van der Waals surface area contributed by atoms with Crippen LogP contribution in [-0.4, -0.2) is 19.9 Å². The van der Waals surface area contributed by atoms with Crippen molar-refractivity contribution in [3.8, 4) is 79.8 Å². The Morgan fingerprint density at radius 3 is 0.850 bits per heavy atom. The van der Waals surface area contributed by atoms with Gasteiger partial charge >= 0.3 is 0 Å². The van der Waals surface area contributed by atoms with Crippen molar-refractivity contribution in [1.29, 1.82) is 0 Å². The Morgan fingerprint density at radius 2 is 0.525 bits per heavy atom. The van der Waals surface area contributed by atoms with Crippen LogP contribution in [0.25, 0.3) is 99.8 Å². The summed E-state index contributed by atoms with van der Waals surface area (Å²) >= 11 is 0. The van der Waals surface area contributed by atoms with Crippen molar-refractivity contribution in [3.05, 3.63) is 247 Å². The summed E-state index contributed by atoms with van der Waals surface area (Å²) < 4.78 is 0. The van der Waals surface area contributed by atoms with E-state index in [0.717, 1.165) is 111 Å². The van der Waals surface area contributed by atoms with Crippen molar-refractivity contribution in [2.75, 3.05) is 0 Å². The molecule has 12 rings (SSSR count). The summed E-state index contributed by atoms with van der Waals surface area (Å²) in [5.74, 6) is 14.2. The monoisotopic (exact) mass is 1030 g/mol. The lowest BCUT2D eigenvalue weighted by Gasteiger charge is -2.15. The summed E-state index contributed by atoms with van der Waals surface area (Å²) in [6, 6.07) is 56.5. The molecule has 4 nitrogen and oxygen atoms in total. The minimum Gasteiger partial charge on any atom is -0.245 e. The van der Waals surface area contributed by atoms with Gasteiger partial charge in [-0.25, -0.2) is 19.9 Å². The van der Waals surface area contributed by atoms with Crippen LogP contribution >= 0.6 is 0 Å². The third-order valence-corrected chi connectivity index (χ3v) is 15.8. The van der Waals surface area contributed by atoms with E-state index in [1.165, 1.54) is 77.9 Å². The maximum atomic E-state index is 5.51. The Balaban J connectivity index is 0.870. The highest BCUT2D eigenvalue weighted by atomic mass is 14.8. The molecule has 4 heteroatoms. The van der Waals surface area contributed by atoms with E-state index in [0.29, 0.717) is 0 Å². The number of fused-ring (bicyclic) bond motifs is 6. The third kappa shape index (κ3) is 9.59. The quantitative estimate of drug-likeness (QED) is 0.127. The van der Waals surface area contributed by atoms with Crippen molar-refractivity contribution in [1.82, 2.24) is 19.9 Å². The number of hydrogen-bond donors (Lipinski definition) is 0. The van der Waals surface area contributed by atoms with Gasteiger partial charge in [-0.2, -0.15) is 0 Å². The Morgan fingerprint density at radius 1 is 0.250 bits per heavy atom. The summed E-state index contributed by atoms with van der Waals surface area (Å²) in [5.41, 5.74) is 32.1. The minimum absolute atomic E-state index is 0.874. The maximum Gasteiger partial charge on any atom is 0.0973 e. The van der Waals surface area contributed by atoms with Crippen LogP contribution in [0.1, 0.15) is 89.0 Å². The molecule has 0 spiro atoms. The minimum atomic E-state index is 0.874. The number of aromatic nitrogens is 4. The molecule has 0 amide bonds. The second-order valence-corrected chi connectivity index (χ2v) is 22.3. The molecule has 0 saturated carbocycles. The number of hydrogen-bond acceptors (Lipinski definition) is 4. The van der Waals surface area contributed by atoms with Gasteiger partial charge in [0, 0.05) is 54.9 Å². The van der Waals surface area contributed by atoms with Gasteiger partial charge in [-0.1, -0.05) is 155 Å². The Labute approximate surface area is 470 Å². The van der Waals surface area contributed by atoms with E-state index in [9.17, 15) is 0 Å². The number of pyridine rings is 4. The molecule has 0 saturated heterocycles. The number of benzene rings is 8. The first kappa shape index (κ1) is 51.3. The SMILES string of the molecule is Cc1cc(C)c(-c2ccc3ccc4cc(C#Cc5ccc(-c6ccc(C#Cc7cc8ccc9ccc(-c%10c(C)cc(C)cc%10C)nc9c8nc7-c7c(C)cc(C)cc7C)cc6)cc5)c(-c5c(C)cc(C)cc5C)nc4c3n2)c(C)c1. The molecule has 4 aromatic heterocycles. The Bertz CT molecular complexity index is 4310. The van der Waals surface area contributed by atoms with E-state index < -0.39 is 0 Å². The first-order valence-electron chi connectivity index (χ1n) is 27.6. The van der Waals surface area contributed by atoms with Crippen LogP contribution in [0.2, 0.25) is 0 Å². The molecule has 0 radical (unpaired) electrons. The van der Waals surface area contributed by atoms with Gasteiger partial charge in [0.2, 0.25) is 0 Å². The summed E-state index contributed by atoms with van der Waals surface area (Å²) in [4.78, 5) is 21.7. The van der Waals surface area contributed by atoms with Gasteiger partial charge in [-0.3, -0.25) is 0 Å². The summed E-state index contributed by atoms with van der Waals surface area (Å²) in [7, 11) is 0. The summed E-state index contributed by atoms with van der Waals surface area (Å²) in [5, 5.41) is 4.13. The van der Waals surface area contributed by atoms with Gasteiger partial charge in [-0.15, -0.1) is 0 Å². The zero-order valence-electron chi connectivity index (χ0n) is 47.8. The van der Waals surface area contributed by atoms with E-state index in [-0.39, 0.29) is 0 Å². The lowest BCUT2D eigenvalue weighted by molar-refractivity contribution is 1.27. The van der Waals surface area contributed by atoms with E-state index >= 15 is 0 Å². The number of nitrogens with zero attached hydrogens (tertiary/aromatic N) is 4. The van der Waals surface area contributed by atoms with Crippen molar-refractivity contribution in [2.45, 2.75) is 83.1 Å². The molecular weight excluding hydrogens is 969 g/mol. The van der Waals surface area contributed by atoms with Crippen LogP contribution in [0, 0.1) is 107 Å². The molecule has 80 heavy (non-hydrogen) atoms. The summed E-state index contributed by atoms with van der Waals surface area (Å²) in [6.07, 6.45) is 0. The van der Waals surface area contributed by atoms with E-state index in [2.05, 4.69) is 264 Å². The third-order valence-electron chi connectivity index (χ3n) is 15.8.